The Bertz CT molecular complexity index is 1170. The lowest BCUT2D eigenvalue weighted by atomic mass is 9.95. The average Bonchev–Trinajstić information content (AvgIpc) is 3.47. The molecule has 1 fully saturated rings. The SMILES string of the molecule is CN(c1ccc(C(=O)CSc2nnc(-c3ccco3)n2C2CCCCC2)cc1)S(C)(=O)=O. The quantitative estimate of drug-likeness (QED) is 0.352. The van der Waals surface area contributed by atoms with Crippen molar-refractivity contribution in [2.75, 3.05) is 23.4 Å². The number of rotatable bonds is 8. The van der Waals surface area contributed by atoms with Gasteiger partial charge in [0.2, 0.25) is 15.8 Å². The molecule has 0 unspecified atom stereocenters. The fourth-order valence-corrected chi connectivity index (χ4v) is 5.28. The third-order valence-electron chi connectivity index (χ3n) is 5.73. The van der Waals surface area contributed by atoms with Crippen molar-refractivity contribution >= 4 is 33.3 Å². The Morgan fingerprint density at radius 2 is 1.88 bits per heavy atom. The van der Waals surface area contributed by atoms with Crippen LogP contribution in [0.3, 0.4) is 0 Å². The standard InChI is InChI=1S/C22H26N4O4S2/c1-25(32(2,28)29)17-12-10-16(11-13-17)19(27)15-31-22-24-23-21(20-9-6-14-30-20)26(22)18-7-4-3-5-8-18/h6,9-14,18H,3-5,7-8,15H2,1-2H3. The van der Waals surface area contributed by atoms with Gasteiger partial charge in [0.05, 0.1) is 24.0 Å². The van der Waals surface area contributed by atoms with Gasteiger partial charge in [-0.25, -0.2) is 8.42 Å². The van der Waals surface area contributed by atoms with Crippen LogP contribution in [0.2, 0.25) is 0 Å². The number of benzene rings is 1. The third kappa shape index (κ3) is 4.91. The van der Waals surface area contributed by atoms with Gasteiger partial charge in [0.25, 0.3) is 0 Å². The van der Waals surface area contributed by atoms with E-state index in [1.54, 1.807) is 30.5 Å². The molecule has 0 atom stereocenters. The Hall–Kier alpha value is -2.59. The number of sulfonamides is 1. The minimum atomic E-state index is -3.35. The van der Waals surface area contributed by atoms with Crippen molar-refractivity contribution in [1.82, 2.24) is 14.8 Å². The molecular formula is C22H26N4O4S2. The summed E-state index contributed by atoms with van der Waals surface area (Å²) in [6, 6.07) is 10.6. The van der Waals surface area contributed by atoms with E-state index in [-0.39, 0.29) is 11.5 Å². The highest BCUT2D eigenvalue weighted by Crippen LogP contribution is 2.35. The fourth-order valence-electron chi connectivity index (χ4n) is 3.88. The summed E-state index contributed by atoms with van der Waals surface area (Å²) in [7, 11) is -1.87. The maximum atomic E-state index is 12.8. The van der Waals surface area contributed by atoms with Crippen LogP contribution in [-0.4, -0.2) is 48.0 Å². The summed E-state index contributed by atoms with van der Waals surface area (Å²) in [5.74, 6) is 1.53. The van der Waals surface area contributed by atoms with Crippen LogP contribution in [0, 0.1) is 0 Å². The number of hydrogen-bond donors (Lipinski definition) is 0. The number of hydrogen-bond acceptors (Lipinski definition) is 7. The zero-order valence-electron chi connectivity index (χ0n) is 18.1. The smallest absolute Gasteiger partial charge is 0.231 e. The van der Waals surface area contributed by atoms with Crippen LogP contribution in [0.15, 0.2) is 52.2 Å². The van der Waals surface area contributed by atoms with E-state index >= 15 is 0 Å². The van der Waals surface area contributed by atoms with Crippen LogP contribution in [0.1, 0.15) is 48.5 Å². The molecular weight excluding hydrogens is 448 g/mol. The largest absolute Gasteiger partial charge is 0.461 e. The van der Waals surface area contributed by atoms with E-state index in [1.165, 1.54) is 29.5 Å². The third-order valence-corrected chi connectivity index (χ3v) is 7.88. The normalized spacial score (nSPS) is 15.1. The molecule has 0 spiro atoms. The summed E-state index contributed by atoms with van der Waals surface area (Å²) in [4.78, 5) is 12.8. The summed E-state index contributed by atoms with van der Waals surface area (Å²) in [5.41, 5.74) is 1.04. The molecule has 1 saturated carbocycles. The fraction of sp³-hybridized carbons (Fsp3) is 0.409. The molecule has 2 heterocycles. The minimum absolute atomic E-state index is 0.0544. The van der Waals surface area contributed by atoms with Gasteiger partial charge in [-0.3, -0.25) is 13.7 Å². The molecule has 2 aromatic heterocycles. The van der Waals surface area contributed by atoms with Crippen molar-refractivity contribution in [3.05, 3.63) is 48.2 Å². The number of thioether (sulfide) groups is 1. The molecule has 0 aliphatic heterocycles. The topological polar surface area (TPSA) is 98.3 Å². The van der Waals surface area contributed by atoms with Gasteiger partial charge in [0.1, 0.15) is 0 Å². The van der Waals surface area contributed by atoms with Crippen molar-refractivity contribution in [2.24, 2.45) is 0 Å². The molecule has 0 N–H and O–H groups in total. The maximum Gasteiger partial charge on any atom is 0.231 e. The molecule has 10 heteroatoms. The molecule has 3 aromatic rings. The van der Waals surface area contributed by atoms with Crippen LogP contribution in [-0.2, 0) is 10.0 Å². The number of carbonyl (C=O) groups is 1. The first-order valence-corrected chi connectivity index (χ1v) is 13.4. The summed E-state index contributed by atoms with van der Waals surface area (Å²) >= 11 is 1.37. The van der Waals surface area contributed by atoms with Gasteiger partial charge in [-0.05, 0) is 49.2 Å². The molecule has 0 radical (unpaired) electrons. The summed E-state index contributed by atoms with van der Waals surface area (Å²) in [6.07, 6.45) is 8.44. The van der Waals surface area contributed by atoms with Gasteiger partial charge in [0, 0.05) is 18.7 Å². The van der Waals surface area contributed by atoms with E-state index in [0.29, 0.717) is 34.0 Å². The second kappa shape index (κ2) is 9.50. The molecule has 0 saturated heterocycles. The first-order valence-electron chi connectivity index (χ1n) is 10.5. The molecule has 1 aromatic carbocycles. The zero-order valence-corrected chi connectivity index (χ0v) is 19.7. The number of ketones is 1. The van der Waals surface area contributed by atoms with E-state index < -0.39 is 10.0 Å². The molecule has 0 amide bonds. The Morgan fingerprint density at radius 3 is 2.50 bits per heavy atom. The van der Waals surface area contributed by atoms with Gasteiger partial charge in [-0.1, -0.05) is 31.0 Å². The van der Waals surface area contributed by atoms with E-state index in [9.17, 15) is 13.2 Å². The first-order chi connectivity index (χ1) is 15.3. The van der Waals surface area contributed by atoms with E-state index in [0.717, 1.165) is 31.9 Å². The van der Waals surface area contributed by atoms with E-state index in [4.69, 9.17) is 4.42 Å². The van der Waals surface area contributed by atoms with Gasteiger partial charge in [-0.2, -0.15) is 0 Å². The highest BCUT2D eigenvalue weighted by atomic mass is 32.2. The predicted molar refractivity (Wildman–Crippen MR) is 125 cm³/mol. The van der Waals surface area contributed by atoms with Crippen LogP contribution in [0.25, 0.3) is 11.6 Å². The Kier molecular flexibility index (Phi) is 6.71. The van der Waals surface area contributed by atoms with Crippen molar-refractivity contribution in [3.63, 3.8) is 0 Å². The van der Waals surface area contributed by atoms with Crippen LogP contribution in [0.4, 0.5) is 5.69 Å². The lowest BCUT2D eigenvalue weighted by molar-refractivity contribution is 0.102. The molecule has 32 heavy (non-hydrogen) atoms. The Morgan fingerprint density at radius 1 is 1.16 bits per heavy atom. The Labute approximate surface area is 192 Å². The molecule has 8 nitrogen and oxygen atoms in total. The number of nitrogens with zero attached hydrogens (tertiary/aromatic N) is 4. The zero-order chi connectivity index (χ0) is 22.7. The van der Waals surface area contributed by atoms with Crippen molar-refractivity contribution in [1.29, 1.82) is 0 Å². The van der Waals surface area contributed by atoms with Crippen molar-refractivity contribution in [2.45, 2.75) is 43.3 Å². The summed E-state index contributed by atoms with van der Waals surface area (Å²) in [6.45, 7) is 0. The van der Waals surface area contributed by atoms with Gasteiger partial charge in [0.15, 0.2) is 16.7 Å². The molecule has 4 rings (SSSR count). The van der Waals surface area contributed by atoms with E-state index in [1.807, 2.05) is 12.1 Å². The lowest BCUT2D eigenvalue weighted by Crippen LogP contribution is -2.24. The van der Waals surface area contributed by atoms with Crippen molar-refractivity contribution in [3.8, 4) is 11.6 Å². The number of anilines is 1. The molecule has 1 aliphatic carbocycles. The van der Waals surface area contributed by atoms with Crippen molar-refractivity contribution < 1.29 is 17.6 Å². The Balaban J connectivity index is 1.50. The number of aromatic nitrogens is 3. The second-order valence-electron chi connectivity index (χ2n) is 7.93. The summed E-state index contributed by atoms with van der Waals surface area (Å²) in [5, 5.41) is 9.44. The maximum absolute atomic E-state index is 12.8. The predicted octanol–water partition coefficient (Wildman–Crippen LogP) is 4.41. The molecule has 170 valence electrons. The summed E-state index contributed by atoms with van der Waals surface area (Å²) < 4.78 is 32.3. The lowest BCUT2D eigenvalue weighted by Gasteiger charge is -2.25. The van der Waals surface area contributed by atoms with Crippen LogP contribution >= 0.6 is 11.8 Å². The second-order valence-corrected chi connectivity index (χ2v) is 10.9. The number of furan rings is 1. The van der Waals surface area contributed by atoms with Crippen LogP contribution in [0.5, 0.6) is 0 Å². The highest BCUT2D eigenvalue weighted by Gasteiger charge is 2.25. The number of Topliss-reactive ketones (excluding diaryl/α,β-unsaturated/α-hetero) is 1. The average molecular weight is 475 g/mol. The van der Waals surface area contributed by atoms with E-state index in [2.05, 4.69) is 14.8 Å². The van der Waals surface area contributed by atoms with Gasteiger partial charge >= 0.3 is 0 Å². The minimum Gasteiger partial charge on any atom is -0.461 e. The molecule has 1 aliphatic rings. The van der Waals surface area contributed by atoms with Crippen LogP contribution < -0.4 is 4.31 Å². The monoisotopic (exact) mass is 474 g/mol. The highest BCUT2D eigenvalue weighted by molar-refractivity contribution is 7.99. The van der Waals surface area contributed by atoms with Gasteiger partial charge in [-0.15, -0.1) is 10.2 Å². The van der Waals surface area contributed by atoms with Gasteiger partial charge < -0.3 is 4.42 Å². The first kappa shape index (κ1) is 22.6. The molecule has 0 bridgehead atoms. The number of carbonyl (C=O) groups excluding carboxylic acids is 1.